The Morgan fingerprint density at radius 1 is 1.28 bits per heavy atom. The number of pyridine rings is 1. The SMILES string of the molecule is CCCc1cc(CC(NC)[C@@H]2CCCNC2)nc(-c2cnc3ccc(C)cn23)n1. The largest absolute Gasteiger partial charge is 0.316 e. The smallest absolute Gasteiger partial charge is 0.178 e. The van der Waals surface area contributed by atoms with E-state index in [2.05, 4.69) is 59.2 Å². The van der Waals surface area contributed by atoms with Crippen LogP contribution in [0.1, 0.15) is 43.1 Å². The highest BCUT2D eigenvalue weighted by molar-refractivity contribution is 5.57. The average molecular weight is 393 g/mol. The highest BCUT2D eigenvalue weighted by Gasteiger charge is 2.23. The lowest BCUT2D eigenvalue weighted by molar-refractivity contribution is 0.291. The Bertz CT molecular complexity index is 957. The first-order chi connectivity index (χ1) is 14.2. The molecule has 3 aromatic rings. The molecule has 1 aliphatic rings. The first-order valence-corrected chi connectivity index (χ1v) is 10.9. The molecule has 1 unspecified atom stereocenters. The molecule has 1 aliphatic heterocycles. The summed E-state index contributed by atoms with van der Waals surface area (Å²) >= 11 is 0. The second kappa shape index (κ2) is 9.01. The van der Waals surface area contributed by atoms with Crippen LogP contribution in [0.25, 0.3) is 17.2 Å². The van der Waals surface area contributed by atoms with E-state index in [4.69, 9.17) is 9.97 Å². The number of imidazole rings is 1. The van der Waals surface area contributed by atoms with E-state index in [0.29, 0.717) is 12.0 Å². The number of nitrogens with one attached hydrogen (secondary N) is 2. The van der Waals surface area contributed by atoms with Gasteiger partial charge in [-0.2, -0.15) is 0 Å². The minimum atomic E-state index is 0.421. The molecule has 6 nitrogen and oxygen atoms in total. The van der Waals surface area contributed by atoms with E-state index < -0.39 is 0 Å². The summed E-state index contributed by atoms with van der Waals surface area (Å²) in [7, 11) is 2.07. The lowest BCUT2D eigenvalue weighted by atomic mass is 9.89. The number of aromatic nitrogens is 4. The summed E-state index contributed by atoms with van der Waals surface area (Å²) in [5.41, 5.74) is 5.32. The van der Waals surface area contributed by atoms with Crippen LogP contribution in [0.15, 0.2) is 30.6 Å². The van der Waals surface area contributed by atoms with Crippen molar-refractivity contribution in [2.45, 2.75) is 52.0 Å². The number of nitrogens with zero attached hydrogens (tertiary/aromatic N) is 4. The third-order valence-electron chi connectivity index (χ3n) is 5.92. The number of hydrogen-bond donors (Lipinski definition) is 2. The minimum absolute atomic E-state index is 0.421. The molecular formula is C23H32N6. The maximum atomic E-state index is 4.99. The number of likely N-dealkylation sites (N-methyl/N-ethyl adjacent to an activating group) is 1. The van der Waals surface area contributed by atoms with Crippen LogP contribution >= 0.6 is 0 Å². The monoisotopic (exact) mass is 392 g/mol. The average Bonchev–Trinajstić information content (AvgIpc) is 3.16. The number of rotatable bonds is 7. The Morgan fingerprint density at radius 3 is 2.90 bits per heavy atom. The van der Waals surface area contributed by atoms with Gasteiger partial charge in [0.25, 0.3) is 0 Å². The van der Waals surface area contributed by atoms with Gasteiger partial charge in [0.1, 0.15) is 11.3 Å². The van der Waals surface area contributed by atoms with Crippen LogP contribution in [-0.4, -0.2) is 45.5 Å². The number of aryl methyl sites for hydroxylation is 2. The van der Waals surface area contributed by atoms with Crippen molar-refractivity contribution in [3.05, 3.63) is 47.5 Å². The van der Waals surface area contributed by atoms with Crippen LogP contribution in [0.2, 0.25) is 0 Å². The molecule has 0 radical (unpaired) electrons. The lowest BCUT2D eigenvalue weighted by Gasteiger charge is -2.30. The minimum Gasteiger partial charge on any atom is -0.316 e. The number of fused-ring (bicyclic) bond motifs is 1. The van der Waals surface area contributed by atoms with Crippen molar-refractivity contribution >= 4 is 5.65 Å². The van der Waals surface area contributed by atoms with Crippen LogP contribution in [-0.2, 0) is 12.8 Å². The topological polar surface area (TPSA) is 67.1 Å². The van der Waals surface area contributed by atoms with Gasteiger partial charge in [-0.25, -0.2) is 15.0 Å². The maximum absolute atomic E-state index is 4.99. The second-order valence-corrected chi connectivity index (χ2v) is 8.21. The number of hydrogen-bond acceptors (Lipinski definition) is 5. The molecule has 1 fully saturated rings. The van der Waals surface area contributed by atoms with E-state index in [1.807, 2.05) is 12.3 Å². The van der Waals surface area contributed by atoms with Gasteiger partial charge in [-0.1, -0.05) is 19.4 Å². The highest BCUT2D eigenvalue weighted by Crippen LogP contribution is 2.22. The number of piperidine rings is 1. The van der Waals surface area contributed by atoms with E-state index >= 15 is 0 Å². The highest BCUT2D eigenvalue weighted by atomic mass is 15.0. The van der Waals surface area contributed by atoms with Crippen molar-refractivity contribution in [3.63, 3.8) is 0 Å². The molecular weight excluding hydrogens is 360 g/mol. The normalized spacial score (nSPS) is 18.2. The van der Waals surface area contributed by atoms with Crippen molar-refractivity contribution in [1.82, 2.24) is 30.0 Å². The van der Waals surface area contributed by atoms with E-state index in [1.54, 1.807) is 0 Å². The summed E-state index contributed by atoms with van der Waals surface area (Å²) in [5, 5.41) is 7.09. The van der Waals surface area contributed by atoms with Gasteiger partial charge in [0, 0.05) is 30.0 Å². The molecule has 2 N–H and O–H groups in total. The molecule has 0 spiro atoms. The van der Waals surface area contributed by atoms with Gasteiger partial charge in [0.2, 0.25) is 0 Å². The molecule has 154 valence electrons. The van der Waals surface area contributed by atoms with Gasteiger partial charge in [0.05, 0.1) is 6.20 Å². The van der Waals surface area contributed by atoms with Crippen molar-refractivity contribution in [2.75, 3.05) is 20.1 Å². The Hall–Kier alpha value is -2.31. The Labute approximate surface area is 173 Å². The predicted octanol–water partition coefficient (Wildman–Crippen LogP) is 3.18. The predicted molar refractivity (Wildman–Crippen MR) is 117 cm³/mol. The molecule has 0 amide bonds. The van der Waals surface area contributed by atoms with Crippen molar-refractivity contribution < 1.29 is 0 Å². The first-order valence-electron chi connectivity index (χ1n) is 10.9. The quantitative estimate of drug-likeness (QED) is 0.646. The van der Waals surface area contributed by atoms with E-state index in [-0.39, 0.29) is 0 Å². The fraction of sp³-hybridized carbons (Fsp3) is 0.522. The molecule has 0 saturated carbocycles. The summed E-state index contributed by atoms with van der Waals surface area (Å²) in [6.45, 7) is 6.51. The van der Waals surface area contributed by atoms with Crippen molar-refractivity contribution in [1.29, 1.82) is 0 Å². The van der Waals surface area contributed by atoms with E-state index in [1.165, 1.54) is 18.4 Å². The summed E-state index contributed by atoms with van der Waals surface area (Å²) in [6, 6.07) is 6.75. The molecule has 2 atom stereocenters. The van der Waals surface area contributed by atoms with Gasteiger partial charge in [-0.05, 0) is 69.9 Å². The zero-order chi connectivity index (χ0) is 20.2. The van der Waals surface area contributed by atoms with Crippen LogP contribution in [0.5, 0.6) is 0 Å². The molecule has 29 heavy (non-hydrogen) atoms. The van der Waals surface area contributed by atoms with Crippen molar-refractivity contribution in [2.24, 2.45) is 5.92 Å². The molecule has 1 saturated heterocycles. The zero-order valence-corrected chi connectivity index (χ0v) is 17.8. The van der Waals surface area contributed by atoms with Gasteiger partial charge < -0.3 is 10.6 Å². The first kappa shape index (κ1) is 20.0. The molecule has 0 bridgehead atoms. The zero-order valence-electron chi connectivity index (χ0n) is 17.8. The summed E-state index contributed by atoms with van der Waals surface area (Å²) in [5.74, 6) is 1.42. The molecule has 6 heteroatoms. The van der Waals surface area contributed by atoms with Crippen LogP contribution in [0.3, 0.4) is 0 Å². The Morgan fingerprint density at radius 2 is 2.14 bits per heavy atom. The van der Waals surface area contributed by atoms with Crippen LogP contribution in [0.4, 0.5) is 0 Å². The van der Waals surface area contributed by atoms with E-state index in [9.17, 15) is 0 Å². The fourth-order valence-electron chi connectivity index (χ4n) is 4.36. The summed E-state index contributed by atoms with van der Waals surface area (Å²) in [6.07, 6.45) is 9.48. The van der Waals surface area contributed by atoms with Crippen molar-refractivity contribution in [3.8, 4) is 11.5 Å². The molecule has 4 rings (SSSR count). The molecule has 0 aromatic carbocycles. The summed E-state index contributed by atoms with van der Waals surface area (Å²) in [4.78, 5) is 14.4. The Kier molecular flexibility index (Phi) is 6.21. The maximum Gasteiger partial charge on any atom is 0.178 e. The summed E-state index contributed by atoms with van der Waals surface area (Å²) < 4.78 is 2.10. The van der Waals surface area contributed by atoms with Crippen LogP contribution in [0, 0.1) is 12.8 Å². The third kappa shape index (κ3) is 4.49. The molecule has 4 heterocycles. The standard InChI is InChI=1S/C23H32N6/c1-4-6-18-11-19(12-20(24-3)17-7-5-10-25-13-17)28-23(27-18)21-14-26-22-9-8-16(2)15-29(21)22/h8-9,11,14-15,17,20,24-25H,4-7,10,12-13H2,1-3H3/t17-,20?/m1/s1. The third-order valence-corrected chi connectivity index (χ3v) is 5.92. The second-order valence-electron chi connectivity index (χ2n) is 8.21. The Balaban J connectivity index is 1.69. The van der Waals surface area contributed by atoms with Gasteiger partial charge in [0.15, 0.2) is 5.82 Å². The van der Waals surface area contributed by atoms with Crippen LogP contribution < -0.4 is 10.6 Å². The van der Waals surface area contributed by atoms with Gasteiger partial charge >= 0.3 is 0 Å². The van der Waals surface area contributed by atoms with Gasteiger partial charge in [-0.15, -0.1) is 0 Å². The fourth-order valence-corrected chi connectivity index (χ4v) is 4.36. The lowest BCUT2D eigenvalue weighted by Crippen LogP contribution is -2.44. The molecule has 0 aliphatic carbocycles. The van der Waals surface area contributed by atoms with Gasteiger partial charge in [-0.3, -0.25) is 4.40 Å². The van der Waals surface area contributed by atoms with E-state index in [0.717, 1.165) is 60.9 Å². The molecule has 3 aromatic heterocycles.